The molecule has 27 heavy (non-hydrogen) atoms. The molecule has 3 aromatic rings. The highest BCUT2D eigenvalue weighted by Crippen LogP contribution is 2.21. The van der Waals surface area contributed by atoms with E-state index < -0.39 is 5.97 Å². The lowest BCUT2D eigenvalue weighted by molar-refractivity contribution is -0.116. The second-order valence-electron chi connectivity index (χ2n) is 6.08. The number of carboxylic acid groups (broad SMARTS) is 1. The van der Waals surface area contributed by atoms with E-state index in [1.165, 1.54) is 16.9 Å². The summed E-state index contributed by atoms with van der Waals surface area (Å²) in [6.45, 7) is 4.16. The van der Waals surface area contributed by atoms with Gasteiger partial charge >= 0.3 is 5.97 Å². The number of benzene rings is 1. The Balaban J connectivity index is 1.70. The van der Waals surface area contributed by atoms with Crippen LogP contribution in [0.3, 0.4) is 0 Å². The first-order valence-electron chi connectivity index (χ1n) is 8.18. The lowest BCUT2D eigenvalue weighted by atomic mass is 10.2. The van der Waals surface area contributed by atoms with Crippen LogP contribution >= 0.6 is 11.6 Å². The minimum Gasteiger partial charge on any atom is -0.476 e. The van der Waals surface area contributed by atoms with E-state index in [9.17, 15) is 9.59 Å². The van der Waals surface area contributed by atoms with Crippen molar-refractivity contribution in [3.8, 4) is 0 Å². The first kappa shape index (κ1) is 18.7. The summed E-state index contributed by atoms with van der Waals surface area (Å²) in [5.74, 6) is -1.45. The molecular weight excluding hydrogens is 370 g/mol. The molecular formula is C18H18ClN5O3. The van der Waals surface area contributed by atoms with Gasteiger partial charge in [0.15, 0.2) is 5.69 Å². The van der Waals surface area contributed by atoms with Gasteiger partial charge in [0, 0.05) is 11.2 Å². The molecule has 140 valence electrons. The molecule has 2 N–H and O–H groups in total. The van der Waals surface area contributed by atoms with Gasteiger partial charge in [-0.2, -0.15) is 10.2 Å². The Morgan fingerprint density at radius 2 is 1.85 bits per heavy atom. The Kier molecular flexibility index (Phi) is 5.27. The quantitative estimate of drug-likeness (QED) is 0.677. The molecule has 0 fully saturated rings. The lowest BCUT2D eigenvalue weighted by Gasteiger charge is -2.08. The molecule has 0 saturated carbocycles. The number of amides is 1. The van der Waals surface area contributed by atoms with E-state index in [0.29, 0.717) is 22.9 Å². The first-order valence-corrected chi connectivity index (χ1v) is 8.56. The fourth-order valence-electron chi connectivity index (χ4n) is 2.68. The summed E-state index contributed by atoms with van der Waals surface area (Å²) < 4.78 is 3.09. The smallest absolute Gasteiger partial charge is 0.356 e. The van der Waals surface area contributed by atoms with Gasteiger partial charge in [0.1, 0.15) is 6.54 Å². The van der Waals surface area contributed by atoms with Crippen molar-refractivity contribution in [2.75, 3.05) is 5.32 Å². The average Bonchev–Trinajstić information content (AvgIpc) is 3.18. The highest BCUT2D eigenvalue weighted by molar-refractivity contribution is 6.30. The van der Waals surface area contributed by atoms with E-state index in [-0.39, 0.29) is 18.1 Å². The molecule has 2 aromatic heterocycles. The van der Waals surface area contributed by atoms with Crippen molar-refractivity contribution in [1.82, 2.24) is 19.6 Å². The predicted octanol–water partition coefficient (Wildman–Crippen LogP) is 2.74. The molecule has 0 saturated heterocycles. The van der Waals surface area contributed by atoms with Crippen LogP contribution in [0, 0.1) is 13.8 Å². The van der Waals surface area contributed by atoms with Crippen LogP contribution in [0.15, 0.2) is 36.5 Å². The number of nitrogens with zero attached hydrogens (tertiary/aromatic N) is 4. The summed E-state index contributed by atoms with van der Waals surface area (Å²) in [6.07, 6.45) is 1.45. The van der Waals surface area contributed by atoms with Crippen LogP contribution in [0.25, 0.3) is 0 Å². The van der Waals surface area contributed by atoms with E-state index in [1.807, 2.05) is 42.8 Å². The van der Waals surface area contributed by atoms with Crippen molar-refractivity contribution < 1.29 is 14.7 Å². The van der Waals surface area contributed by atoms with Crippen molar-refractivity contribution in [2.45, 2.75) is 26.9 Å². The minimum atomic E-state index is -1.13. The van der Waals surface area contributed by atoms with E-state index in [0.717, 1.165) is 11.3 Å². The Bertz CT molecular complexity index is 991. The van der Waals surface area contributed by atoms with Crippen LogP contribution < -0.4 is 5.32 Å². The van der Waals surface area contributed by atoms with Crippen molar-refractivity contribution in [2.24, 2.45) is 0 Å². The minimum absolute atomic E-state index is 0.0888. The molecule has 0 unspecified atom stereocenters. The maximum Gasteiger partial charge on any atom is 0.356 e. The molecule has 0 aliphatic carbocycles. The van der Waals surface area contributed by atoms with Gasteiger partial charge in [0.05, 0.1) is 23.6 Å². The summed E-state index contributed by atoms with van der Waals surface area (Å²) in [7, 11) is 0. The van der Waals surface area contributed by atoms with Crippen molar-refractivity contribution in [3.63, 3.8) is 0 Å². The van der Waals surface area contributed by atoms with E-state index in [2.05, 4.69) is 15.5 Å². The van der Waals surface area contributed by atoms with E-state index >= 15 is 0 Å². The van der Waals surface area contributed by atoms with Crippen molar-refractivity contribution in [1.29, 1.82) is 0 Å². The maximum atomic E-state index is 12.3. The molecule has 1 amide bonds. The molecule has 0 aliphatic heterocycles. The highest BCUT2D eigenvalue weighted by Gasteiger charge is 2.15. The molecule has 0 aliphatic rings. The predicted molar refractivity (Wildman–Crippen MR) is 100 cm³/mol. The molecule has 0 spiro atoms. The van der Waals surface area contributed by atoms with Gasteiger partial charge in [-0.05, 0) is 37.6 Å². The number of nitrogens with one attached hydrogen (secondary N) is 1. The van der Waals surface area contributed by atoms with Gasteiger partial charge in [-0.15, -0.1) is 0 Å². The van der Waals surface area contributed by atoms with E-state index in [1.54, 1.807) is 0 Å². The van der Waals surface area contributed by atoms with Crippen LogP contribution in [0.5, 0.6) is 0 Å². The highest BCUT2D eigenvalue weighted by atomic mass is 35.5. The Morgan fingerprint density at radius 1 is 1.15 bits per heavy atom. The Labute approximate surface area is 160 Å². The number of hydrogen-bond acceptors (Lipinski definition) is 4. The van der Waals surface area contributed by atoms with Gasteiger partial charge in [0.25, 0.3) is 0 Å². The number of aromatic carboxylic acids is 1. The molecule has 3 rings (SSSR count). The van der Waals surface area contributed by atoms with Crippen molar-refractivity contribution in [3.05, 3.63) is 64.2 Å². The molecule has 8 nitrogen and oxygen atoms in total. The maximum absolute atomic E-state index is 12.3. The zero-order chi connectivity index (χ0) is 19.6. The third-order valence-electron chi connectivity index (χ3n) is 4.06. The van der Waals surface area contributed by atoms with Gasteiger partial charge in [-0.3, -0.25) is 14.2 Å². The van der Waals surface area contributed by atoms with Crippen LogP contribution in [0.4, 0.5) is 5.69 Å². The van der Waals surface area contributed by atoms with Gasteiger partial charge in [-0.1, -0.05) is 23.7 Å². The third-order valence-corrected chi connectivity index (χ3v) is 4.31. The number of carbonyl (C=O) groups excluding carboxylic acids is 1. The SMILES string of the molecule is Cc1nn(Cc2ccc(Cl)cc2)c(C)c1NC(=O)Cn1ccc(C(=O)O)n1. The number of carbonyl (C=O) groups is 2. The van der Waals surface area contributed by atoms with Gasteiger partial charge < -0.3 is 10.4 Å². The topological polar surface area (TPSA) is 102 Å². The summed E-state index contributed by atoms with van der Waals surface area (Å²) in [5.41, 5.74) is 3.09. The van der Waals surface area contributed by atoms with Gasteiger partial charge in [0.2, 0.25) is 5.91 Å². The number of hydrogen-bond donors (Lipinski definition) is 2. The average molecular weight is 388 g/mol. The normalized spacial score (nSPS) is 10.8. The number of anilines is 1. The standard InChI is InChI=1S/C18H18ClN5O3/c1-11-17(20-16(25)10-23-8-7-15(22-23)18(26)27)12(2)24(21-11)9-13-3-5-14(19)6-4-13/h3-8H,9-10H2,1-2H3,(H,20,25)(H,26,27). The number of carboxylic acids is 1. The molecule has 0 bridgehead atoms. The molecule has 0 atom stereocenters. The summed E-state index contributed by atoms with van der Waals surface area (Å²) in [6, 6.07) is 8.83. The number of aromatic nitrogens is 4. The fourth-order valence-corrected chi connectivity index (χ4v) is 2.81. The number of halogens is 1. The van der Waals surface area contributed by atoms with Crippen LogP contribution in [-0.2, 0) is 17.9 Å². The van der Waals surface area contributed by atoms with Crippen LogP contribution in [0.1, 0.15) is 27.4 Å². The van der Waals surface area contributed by atoms with E-state index in [4.69, 9.17) is 16.7 Å². The molecule has 9 heteroatoms. The number of aryl methyl sites for hydroxylation is 1. The van der Waals surface area contributed by atoms with Crippen LogP contribution in [-0.4, -0.2) is 36.5 Å². The molecule has 2 heterocycles. The van der Waals surface area contributed by atoms with Gasteiger partial charge in [-0.25, -0.2) is 4.79 Å². The monoisotopic (exact) mass is 387 g/mol. The zero-order valence-electron chi connectivity index (χ0n) is 14.8. The molecule has 1 aromatic carbocycles. The summed E-state index contributed by atoms with van der Waals surface area (Å²) >= 11 is 5.91. The molecule has 0 radical (unpaired) electrons. The Morgan fingerprint density at radius 3 is 2.48 bits per heavy atom. The second-order valence-corrected chi connectivity index (χ2v) is 6.52. The lowest BCUT2D eigenvalue weighted by Crippen LogP contribution is -2.20. The largest absolute Gasteiger partial charge is 0.476 e. The fraction of sp³-hybridized carbons (Fsp3) is 0.222. The first-order chi connectivity index (χ1) is 12.8. The number of rotatable bonds is 6. The van der Waals surface area contributed by atoms with Crippen molar-refractivity contribution >= 4 is 29.2 Å². The second kappa shape index (κ2) is 7.63. The third kappa shape index (κ3) is 4.35. The Hall–Kier alpha value is -3.13. The summed E-state index contributed by atoms with van der Waals surface area (Å²) in [5, 5.41) is 20.7. The van der Waals surface area contributed by atoms with Crippen LogP contribution in [0.2, 0.25) is 5.02 Å². The zero-order valence-corrected chi connectivity index (χ0v) is 15.6. The summed E-state index contributed by atoms with van der Waals surface area (Å²) in [4.78, 5) is 23.2.